The van der Waals surface area contributed by atoms with Crippen molar-refractivity contribution in [3.63, 3.8) is 0 Å². The van der Waals surface area contributed by atoms with E-state index >= 15 is 0 Å². The molecule has 0 bridgehead atoms. The summed E-state index contributed by atoms with van der Waals surface area (Å²) in [5, 5.41) is 8.99. The van der Waals surface area contributed by atoms with Gasteiger partial charge in [-0.25, -0.2) is 4.79 Å². The number of hydrogen-bond acceptors (Lipinski definition) is 3. The van der Waals surface area contributed by atoms with Gasteiger partial charge < -0.3 is 14.6 Å². The minimum absolute atomic E-state index is 0.190. The van der Waals surface area contributed by atoms with E-state index in [0.29, 0.717) is 17.2 Å². The summed E-state index contributed by atoms with van der Waals surface area (Å²) in [6.45, 7) is 1.86. The van der Waals surface area contributed by atoms with Gasteiger partial charge in [-0.15, -0.1) is 0 Å². The number of hydrogen-bond donors (Lipinski definition) is 1. The van der Waals surface area contributed by atoms with Crippen LogP contribution in [-0.4, -0.2) is 18.2 Å². The molecule has 0 heterocycles. The van der Waals surface area contributed by atoms with Crippen molar-refractivity contribution < 1.29 is 19.4 Å². The Hall–Kier alpha value is -2.49. The van der Waals surface area contributed by atoms with Crippen LogP contribution in [0.3, 0.4) is 0 Å². The SMILES string of the molecule is COc1ccccc1Oc1cc(C(=O)O)ccc1C. The predicted octanol–water partition coefficient (Wildman–Crippen LogP) is 3.49. The maximum atomic E-state index is 11.0. The molecular formula is C15H14O4. The second-order valence-electron chi connectivity index (χ2n) is 4.04. The summed E-state index contributed by atoms with van der Waals surface area (Å²) < 4.78 is 10.9. The highest BCUT2D eigenvalue weighted by Gasteiger charge is 2.10. The van der Waals surface area contributed by atoms with Crippen LogP contribution in [0.4, 0.5) is 0 Å². The van der Waals surface area contributed by atoms with E-state index in [1.165, 1.54) is 6.07 Å². The number of aryl methyl sites for hydroxylation is 1. The molecule has 0 saturated carbocycles. The lowest BCUT2D eigenvalue weighted by Crippen LogP contribution is -1.98. The Kier molecular flexibility index (Phi) is 3.71. The zero-order valence-corrected chi connectivity index (χ0v) is 10.7. The Labute approximate surface area is 111 Å². The Morgan fingerprint density at radius 3 is 2.37 bits per heavy atom. The highest BCUT2D eigenvalue weighted by molar-refractivity contribution is 5.88. The third kappa shape index (κ3) is 2.85. The fourth-order valence-corrected chi connectivity index (χ4v) is 1.66. The van der Waals surface area contributed by atoms with E-state index in [1.54, 1.807) is 31.4 Å². The molecule has 0 atom stereocenters. The Morgan fingerprint density at radius 2 is 1.74 bits per heavy atom. The number of methoxy groups -OCH3 is 1. The van der Waals surface area contributed by atoms with Crippen molar-refractivity contribution >= 4 is 5.97 Å². The summed E-state index contributed by atoms with van der Waals surface area (Å²) >= 11 is 0. The molecule has 0 aromatic heterocycles. The number of rotatable bonds is 4. The first kappa shape index (κ1) is 13.0. The predicted molar refractivity (Wildman–Crippen MR) is 71.2 cm³/mol. The quantitative estimate of drug-likeness (QED) is 0.912. The molecule has 1 N–H and O–H groups in total. The van der Waals surface area contributed by atoms with E-state index in [1.807, 2.05) is 19.1 Å². The first-order valence-corrected chi connectivity index (χ1v) is 5.76. The lowest BCUT2D eigenvalue weighted by atomic mass is 10.1. The van der Waals surface area contributed by atoms with Gasteiger partial charge in [0.15, 0.2) is 11.5 Å². The minimum Gasteiger partial charge on any atom is -0.493 e. The first-order valence-electron chi connectivity index (χ1n) is 5.76. The van der Waals surface area contributed by atoms with Crippen molar-refractivity contribution in [2.24, 2.45) is 0 Å². The summed E-state index contributed by atoms with van der Waals surface area (Å²) in [6, 6.07) is 12.0. The second-order valence-corrected chi connectivity index (χ2v) is 4.04. The third-order valence-electron chi connectivity index (χ3n) is 2.72. The van der Waals surface area contributed by atoms with E-state index in [4.69, 9.17) is 14.6 Å². The van der Waals surface area contributed by atoms with E-state index in [2.05, 4.69) is 0 Å². The highest BCUT2D eigenvalue weighted by atomic mass is 16.5. The number of para-hydroxylation sites is 2. The smallest absolute Gasteiger partial charge is 0.335 e. The molecule has 19 heavy (non-hydrogen) atoms. The van der Waals surface area contributed by atoms with Gasteiger partial charge in [0, 0.05) is 0 Å². The second kappa shape index (κ2) is 5.44. The third-order valence-corrected chi connectivity index (χ3v) is 2.72. The molecular weight excluding hydrogens is 244 g/mol. The fourth-order valence-electron chi connectivity index (χ4n) is 1.66. The van der Waals surface area contributed by atoms with Gasteiger partial charge in [0.05, 0.1) is 12.7 Å². The van der Waals surface area contributed by atoms with Crippen LogP contribution in [0.25, 0.3) is 0 Å². The normalized spacial score (nSPS) is 10.0. The van der Waals surface area contributed by atoms with Gasteiger partial charge in [-0.05, 0) is 36.8 Å². The molecule has 0 aliphatic rings. The molecule has 0 unspecified atom stereocenters. The molecule has 0 aliphatic heterocycles. The molecule has 4 nitrogen and oxygen atoms in total. The lowest BCUT2D eigenvalue weighted by molar-refractivity contribution is 0.0696. The minimum atomic E-state index is -0.982. The number of carboxylic acids is 1. The maximum absolute atomic E-state index is 11.0. The van der Waals surface area contributed by atoms with Crippen molar-refractivity contribution in [3.8, 4) is 17.2 Å². The summed E-state index contributed by atoms with van der Waals surface area (Å²) in [4.78, 5) is 11.0. The van der Waals surface area contributed by atoms with Crippen LogP contribution in [0.1, 0.15) is 15.9 Å². The van der Waals surface area contributed by atoms with E-state index < -0.39 is 5.97 Å². The largest absolute Gasteiger partial charge is 0.493 e. The maximum Gasteiger partial charge on any atom is 0.335 e. The van der Waals surface area contributed by atoms with Crippen LogP contribution in [0, 0.1) is 6.92 Å². The average Bonchev–Trinajstić information content (AvgIpc) is 2.41. The molecule has 0 aliphatic carbocycles. The van der Waals surface area contributed by atoms with Gasteiger partial charge in [0.25, 0.3) is 0 Å². The molecule has 0 amide bonds. The van der Waals surface area contributed by atoms with Gasteiger partial charge in [-0.2, -0.15) is 0 Å². The molecule has 2 aromatic carbocycles. The summed E-state index contributed by atoms with van der Waals surface area (Å²) in [5.41, 5.74) is 1.05. The van der Waals surface area contributed by atoms with Gasteiger partial charge in [-0.3, -0.25) is 0 Å². The van der Waals surface area contributed by atoms with Crippen molar-refractivity contribution in [2.45, 2.75) is 6.92 Å². The van der Waals surface area contributed by atoms with Crippen LogP contribution < -0.4 is 9.47 Å². The average molecular weight is 258 g/mol. The highest BCUT2D eigenvalue weighted by Crippen LogP contribution is 2.32. The van der Waals surface area contributed by atoms with Gasteiger partial charge in [-0.1, -0.05) is 18.2 Å². The monoisotopic (exact) mass is 258 g/mol. The Bertz CT molecular complexity index is 605. The zero-order chi connectivity index (χ0) is 13.8. The van der Waals surface area contributed by atoms with Crippen LogP contribution in [0.5, 0.6) is 17.2 Å². The number of ether oxygens (including phenoxy) is 2. The molecule has 98 valence electrons. The molecule has 0 saturated heterocycles. The number of benzene rings is 2. The van der Waals surface area contributed by atoms with E-state index in [9.17, 15) is 4.79 Å². The van der Waals surface area contributed by atoms with Crippen molar-refractivity contribution in [1.29, 1.82) is 0 Å². The van der Waals surface area contributed by atoms with Gasteiger partial charge in [0.2, 0.25) is 0 Å². The standard InChI is InChI=1S/C15H14O4/c1-10-7-8-11(15(16)17)9-14(10)19-13-6-4-3-5-12(13)18-2/h3-9H,1-2H3,(H,16,17). The van der Waals surface area contributed by atoms with Crippen molar-refractivity contribution in [3.05, 3.63) is 53.6 Å². The van der Waals surface area contributed by atoms with Crippen LogP contribution >= 0.6 is 0 Å². The molecule has 0 fully saturated rings. The number of carbonyl (C=O) groups is 1. The van der Waals surface area contributed by atoms with Gasteiger partial charge >= 0.3 is 5.97 Å². The molecule has 0 radical (unpaired) electrons. The summed E-state index contributed by atoms with van der Waals surface area (Å²) in [7, 11) is 1.56. The first-order chi connectivity index (χ1) is 9.11. The van der Waals surface area contributed by atoms with Crippen molar-refractivity contribution in [1.82, 2.24) is 0 Å². The zero-order valence-electron chi connectivity index (χ0n) is 10.7. The number of carboxylic acid groups (broad SMARTS) is 1. The molecule has 2 aromatic rings. The number of aromatic carboxylic acids is 1. The van der Waals surface area contributed by atoms with E-state index in [-0.39, 0.29) is 5.56 Å². The molecule has 4 heteroatoms. The van der Waals surface area contributed by atoms with Crippen LogP contribution in [-0.2, 0) is 0 Å². The molecule has 0 spiro atoms. The van der Waals surface area contributed by atoms with Crippen molar-refractivity contribution in [2.75, 3.05) is 7.11 Å². The summed E-state index contributed by atoms with van der Waals surface area (Å²) in [5.74, 6) is 0.674. The van der Waals surface area contributed by atoms with E-state index in [0.717, 1.165) is 5.56 Å². The summed E-state index contributed by atoms with van der Waals surface area (Å²) in [6.07, 6.45) is 0. The van der Waals surface area contributed by atoms with Gasteiger partial charge in [0.1, 0.15) is 5.75 Å². The topological polar surface area (TPSA) is 55.8 Å². The fraction of sp³-hybridized carbons (Fsp3) is 0.133. The lowest BCUT2D eigenvalue weighted by Gasteiger charge is -2.12. The Balaban J connectivity index is 2.37. The molecule has 2 rings (SSSR count). The van der Waals surface area contributed by atoms with Crippen LogP contribution in [0.2, 0.25) is 0 Å². The Morgan fingerprint density at radius 1 is 1.05 bits per heavy atom. The van der Waals surface area contributed by atoms with Crippen LogP contribution in [0.15, 0.2) is 42.5 Å².